The maximum Gasteiger partial charge on any atom is 0.136 e. The molecule has 3 fully saturated rings. The lowest BCUT2D eigenvalue weighted by Crippen LogP contribution is -2.51. The van der Waals surface area contributed by atoms with Crippen molar-refractivity contribution < 1.29 is 9.94 Å². The number of aromatic nitrogens is 3. The summed E-state index contributed by atoms with van der Waals surface area (Å²) < 4.78 is 1.79. The molecule has 4 aliphatic carbocycles. The molecule has 6 atom stereocenters. The summed E-state index contributed by atoms with van der Waals surface area (Å²) >= 11 is 0. The van der Waals surface area contributed by atoms with Crippen LogP contribution >= 0.6 is 0 Å². The second-order valence-corrected chi connectivity index (χ2v) is 11.1. The van der Waals surface area contributed by atoms with Gasteiger partial charge in [0.05, 0.1) is 24.1 Å². The van der Waals surface area contributed by atoms with Crippen molar-refractivity contribution >= 4 is 5.71 Å². The van der Waals surface area contributed by atoms with Gasteiger partial charge in [0.2, 0.25) is 0 Å². The van der Waals surface area contributed by atoms with Crippen molar-refractivity contribution in [1.29, 1.82) is 0 Å². The summed E-state index contributed by atoms with van der Waals surface area (Å²) in [6.07, 6.45) is 14.2. The van der Waals surface area contributed by atoms with Crippen molar-refractivity contribution in [2.75, 3.05) is 13.2 Å². The predicted octanol–water partition coefficient (Wildman–Crippen LogP) is 3.48. The Balaban J connectivity index is 1.21. The van der Waals surface area contributed by atoms with Gasteiger partial charge >= 0.3 is 0 Å². The van der Waals surface area contributed by atoms with E-state index in [0.29, 0.717) is 25.6 Å². The third-order valence-corrected chi connectivity index (χ3v) is 9.51. The van der Waals surface area contributed by atoms with Crippen LogP contribution in [0.4, 0.5) is 0 Å². The van der Waals surface area contributed by atoms with E-state index in [2.05, 4.69) is 35.4 Å². The fourth-order valence-electron chi connectivity index (χ4n) is 7.59. The van der Waals surface area contributed by atoms with Crippen LogP contribution in [0, 0.1) is 28.6 Å². The minimum absolute atomic E-state index is 0.0924. The summed E-state index contributed by atoms with van der Waals surface area (Å²) in [5.41, 5.74) is 9.59. The van der Waals surface area contributed by atoms with Crippen molar-refractivity contribution in [1.82, 2.24) is 15.0 Å². The number of hydrogen-bond donors (Lipinski definition) is 2. The van der Waals surface area contributed by atoms with Gasteiger partial charge in [-0.2, -0.15) is 0 Å². The summed E-state index contributed by atoms with van der Waals surface area (Å²) in [4.78, 5) is 5.65. The van der Waals surface area contributed by atoms with Crippen LogP contribution in [0.5, 0.6) is 0 Å². The van der Waals surface area contributed by atoms with Crippen LogP contribution in [0.1, 0.15) is 70.9 Å². The average Bonchev–Trinajstić information content (AvgIpc) is 3.35. The molecule has 0 radical (unpaired) electrons. The van der Waals surface area contributed by atoms with E-state index in [9.17, 15) is 5.11 Å². The standard InChI is InChI=1S/C25H39N5O2/c1-24-10-7-18(28-32-14-13-30-16-19(9-12-26)27-29-30)15-17(24)3-4-20-21-5-6-23(31)25(21,2)11-8-22(20)24/h15-16,20-23,31H,3-14,26H2,1-2H3. The third-order valence-electron chi connectivity index (χ3n) is 9.51. The topological polar surface area (TPSA) is 98.6 Å². The van der Waals surface area contributed by atoms with E-state index in [4.69, 9.17) is 10.6 Å². The zero-order valence-corrected chi connectivity index (χ0v) is 19.7. The van der Waals surface area contributed by atoms with Crippen LogP contribution in [0.3, 0.4) is 0 Å². The molecule has 3 N–H and O–H groups in total. The molecule has 0 spiro atoms. The molecule has 176 valence electrons. The van der Waals surface area contributed by atoms with Gasteiger partial charge in [0, 0.05) is 12.6 Å². The van der Waals surface area contributed by atoms with Crippen LogP contribution in [-0.2, 0) is 17.8 Å². The van der Waals surface area contributed by atoms with Gasteiger partial charge in [0.1, 0.15) is 6.61 Å². The molecule has 32 heavy (non-hydrogen) atoms. The lowest BCUT2D eigenvalue weighted by molar-refractivity contribution is -0.0722. The fourth-order valence-corrected chi connectivity index (χ4v) is 7.59. The number of aliphatic hydroxyl groups excluding tert-OH is 1. The molecule has 0 bridgehead atoms. The first-order valence-corrected chi connectivity index (χ1v) is 12.6. The van der Waals surface area contributed by atoms with Crippen molar-refractivity contribution in [3.63, 3.8) is 0 Å². The molecule has 7 heteroatoms. The predicted molar refractivity (Wildman–Crippen MR) is 124 cm³/mol. The lowest BCUT2D eigenvalue weighted by Gasteiger charge is -2.57. The van der Waals surface area contributed by atoms with E-state index in [1.807, 2.05) is 6.20 Å². The Labute approximate surface area is 191 Å². The van der Waals surface area contributed by atoms with Crippen LogP contribution in [0.15, 0.2) is 23.0 Å². The van der Waals surface area contributed by atoms with Crippen LogP contribution in [-0.4, -0.2) is 45.1 Å². The van der Waals surface area contributed by atoms with Gasteiger partial charge in [-0.15, -0.1) is 5.10 Å². The Morgan fingerprint density at radius 2 is 2.06 bits per heavy atom. The van der Waals surface area contributed by atoms with Gasteiger partial charge in [-0.05, 0) is 92.6 Å². The average molecular weight is 442 g/mol. The van der Waals surface area contributed by atoms with Crippen LogP contribution < -0.4 is 5.73 Å². The van der Waals surface area contributed by atoms with Gasteiger partial charge < -0.3 is 15.7 Å². The molecule has 6 unspecified atom stereocenters. The van der Waals surface area contributed by atoms with Gasteiger partial charge in [-0.25, -0.2) is 4.68 Å². The second kappa shape index (κ2) is 8.56. The maximum atomic E-state index is 10.7. The summed E-state index contributed by atoms with van der Waals surface area (Å²) in [7, 11) is 0. The normalized spacial score (nSPS) is 39.9. The zero-order chi connectivity index (χ0) is 22.3. The molecule has 7 nitrogen and oxygen atoms in total. The first-order valence-electron chi connectivity index (χ1n) is 12.6. The monoisotopic (exact) mass is 441 g/mol. The van der Waals surface area contributed by atoms with E-state index in [-0.39, 0.29) is 16.9 Å². The smallest absolute Gasteiger partial charge is 0.136 e. The molecule has 0 aliphatic heterocycles. The third kappa shape index (κ3) is 3.71. The number of rotatable bonds is 6. The number of nitrogens with two attached hydrogens (primary N) is 1. The van der Waals surface area contributed by atoms with Crippen LogP contribution in [0.2, 0.25) is 0 Å². The summed E-state index contributed by atoms with van der Waals surface area (Å²) in [5, 5.41) is 23.3. The number of hydrogen-bond acceptors (Lipinski definition) is 6. The highest BCUT2D eigenvalue weighted by atomic mass is 16.6. The Morgan fingerprint density at radius 3 is 2.91 bits per heavy atom. The molecule has 1 aromatic rings. The minimum Gasteiger partial charge on any atom is -0.394 e. The fraction of sp³-hybridized carbons (Fsp3) is 0.800. The van der Waals surface area contributed by atoms with Gasteiger partial charge in [0.15, 0.2) is 0 Å². The Kier molecular flexibility index (Phi) is 5.91. The second-order valence-electron chi connectivity index (χ2n) is 11.1. The number of oxime groups is 1. The SMILES string of the molecule is CC12CCC(=NOCCn3cc(CCN)nn3)C=C1CCC1C2CCC2(C)C(O)CCC12. The van der Waals surface area contributed by atoms with Crippen molar-refractivity contribution in [3.05, 3.63) is 23.5 Å². The Bertz CT molecular complexity index is 895. The first kappa shape index (κ1) is 22.1. The number of aliphatic hydroxyl groups is 1. The van der Waals surface area contributed by atoms with Gasteiger partial charge in [-0.1, -0.05) is 29.8 Å². The summed E-state index contributed by atoms with van der Waals surface area (Å²) in [6.45, 7) is 6.58. The van der Waals surface area contributed by atoms with E-state index in [1.54, 1.807) is 10.3 Å². The summed E-state index contributed by atoms with van der Waals surface area (Å²) in [6, 6.07) is 0. The van der Waals surface area contributed by atoms with Gasteiger partial charge in [-0.3, -0.25) is 0 Å². The minimum atomic E-state index is -0.0924. The van der Waals surface area contributed by atoms with E-state index < -0.39 is 0 Å². The molecule has 5 rings (SSSR count). The Morgan fingerprint density at radius 1 is 1.19 bits per heavy atom. The summed E-state index contributed by atoms with van der Waals surface area (Å²) in [5.74, 6) is 2.23. The number of allylic oxidation sites excluding steroid dienone is 2. The van der Waals surface area contributed by atoms with E-state index in [1.165, 1.54) is 38.5 Å². The largest absolute Gasteiger partial charge is 0.394 e. The molecular weight excluding hydrogens is 402 g/mol. The molecule has 3 saturated carbocycles. The highest BCUT2D eigenvalue weighted by molar-refractivity contribution is 5.96. The number of nitrogens with zero attached hydrogens (tertiary/aromatic N) is 4. The van der Waals surface area contributed by atoms with E-state index in [0.717, 1.165) is 42.5 Å². The van der Waals surface area contributed by atoms with Crippen molar-refractivity contribution in [3.8, 4) is 0 Å². The molecule has 0 saturated heterocycles. The zero-order valence-electron chi connectivity index (χ0n) is 19.7. The van der Waals surface area contributed by atoms with Crippen molar-refractivity contribution in [2.24, 2.45) is 39.5 Å². The highest BCUT2D eigenvalue weighted by Gasteiger charge is 2.58. The van der Waals surface area contributed by atoms with Crippen LogP contribution in [0.25, 0.3) is 0 Å². The lowest BCUT2D eigenvalue weighted by atomic mass is 9.47. The highest BCUT2D eigenvalue weighted by Crippen LogP contribution is 2.65. The Hall–Kier alpha value is -1.73. The maximum absolute atomic E-state index is 10.7. The van der Waals surface area contributed by atoms with Crippen molar-refractivity contribution in [2.45, 2.75) is 84.3 Å². The molecule has 0 aromatic carbocycles. The quantitative estimate of drug-likeness (QED) is 0.520. The first-order chi connectivity index (χ1) is 15.4. The molecule has 0 amide bonds. The van der Waals surface area contributed by atoms with E-state index >= 15 is 0 Å². The molecule has 1 aromatic heterocycles. The molecule has 4 aliphatic rings. The number of fused-ring (bicyclic) bond motifs is 5. The van der Waals surface area contributed by atoms with Gasteiger partial charge in [0.25, 0.3) is 0 Å². The molecule has 1 heterocycles. The molecular formula is C25H39N5O2.